The zero-order valence-corrected chi connectivity index (χ0v) is 10.2. The molecule has 4 heteroatoms. The highest BCUT2D eigenvalue weighted by atomic mass is 16.5. The molecule has 0 unspecified atom stereocenters. The number of rotatable bonds is 5. The first-order chi connectivity index (χ1) is 8.29. The summed E-state index contributed by atoms with van der Waals surface area (Å²) < 4.78 is 5.19. The van der Waals surface area contributed by atoms with Crippen LogP contribution in [0.15, 0.2) is 24.5 Å². The summed E-state index contributed by atoms with van der Waals surface area (Å²) in [4.78, 5) is 6.32. The van der Waals surface area contributed by atoms with Crippen molar-refractivity contribution in [3.8, 4) is 0 Å². The van der Waals surface area contributed by atoms with E-state index in [1.54, 1.807) is 7.11 Å². The van der Waals surface area contributed by atoms with Gasteiger partial charge in [0.2, 0.25) is 0 Å². The maximum atomic E-state index is 9.69. The monoisotopic (exact) mass is 236 g/mol. The highest BCUT2D eigenvalue weighted by Crippen LogP contribution is 2.18. The van der Waals surface area contributed by atoms with Gasteiger partial charge in [0.1, 0.15) is 0 Å². The first-order valence-corrected chi connectivity index (χ1v) is 6.09. The van der Waals surface area contributed by atoms with Gasteiger partial charge in [0.25, 0.3) is 0 Å². The molecule has 0 bridgehead atoms. The summed E-state index contributed by atoms with van der Waals surface area (Å²) in [6, 6.07) is 4.44. The fourth-order valence-electron chi connectivity index (χ4n) is 2.42. The van der Waals surface area contributed by atoms with Crippen LogP contribution in [-0.2, 0) is 11.2 Å². The van der Waals surface area contributed by atoms with Crippen molar-refractivity contribution >= 4 is 0 Å². The molecule has 94 valence electrons. The highest BCUT2D eigenvalue weighted by molar-refractivity contribution is 5.10. The molecule has 1 aliphatic rings. The number of aliphatic hydroxyl groups excluding tert-OH is 1. The lowest BCUT2D eigenvalue weighted by Gasteiger charge is -2.23. The lowest BCUT2D eigenvalue weighted by atomic mass is 10.2. The predicted octanol–water partition coefficient (Wildman–Crippen LogP) is 0.706. The zero-order chi connectivity index (χ0) is 12.1. The van der Waals surface area contributed by atoms with E-state index in [9.17, 15) is 5.11 Å². The minimum absolute atomic E-state index is 0.201. The summed E-state index contributed by atoms with van der Waals surface area (Å²) in [6.45, 7) is 2.43. The highest BCUT2D eigenvalue weighted by Gasteiger charge is 2.30. The lowest BCUT2D eigenvalue weighted by Crippen LogP contribution is -2.34. The molecule has 0 radical (unpaired) electrons. The Hall–Kier alpha value is -0.970. The molecule has 2 heterocycles. The molecule has 0 aromatic carbocycles. The Morgan fingerprint density at radius 3 is 2.94 bits per heavy atom. The third kappa shape index (κ3) is 3.49. The van der Waals surface area contributed by atoms with Crippen LogP contribution >= 0.6 is 0 Å². The van der Waals surface area contributed by atoms with Gasteiger partial charge in [-0.25, -0.2) is 0 Å². The van der Waals surface area contributed by atoms with E-state index in [1.807, 2.05) is 24.5 Å². The van der Waals surface area contributed by atoms with Gasteiger partial charge < -0.3 is 9.84 Å². The molecule has 0 amide bonds. The van der Waals surface area contributed by atoms with E-state index in [-0.39, 0.29) is 6.10 Å². The van der Waals surface area contributed by atoms with Crippen LogP contribution in [0, 0.1) is 0 Å². The number of aliphatic hydroxyl groups is 1. The fourth-order valence-corrected chi connectivity index (χ4v) is 2.42. The molecule has 1 aromatic rings. The molecular formula is C13H20N2O2. The Kier molecular flexibility index (Phi) is 4.48. The van der Waals surface area contributed by atoms with E-state index in [4.69, 9.17) is 4.74 Å². The van der Waals surface area contributed by atoms with Crippen LogP contribution in [0.25, 0.3) is 0 Å². The Morgan fingerprint density at radius 1 is 1.47 bits per heavy atom. The number of aromatic nitrogens is 1. The van der Waals surface area contributed by atoms with Crippen LogP contribution in [0.5, 0.6) is 0 Å². The Labute approximate surface area is 102 Å². The molecule has 1 saturated heterocycles. The second kappa shape index (κ2) is 6.10. The van der Waals surface area contributed by atoms with Crippen LogP contribution in [0.2, 0.25) is 0 Å². The quantitative estimate of drug-likeness (QED) is 0.817. The molecule has 0 spiro atoms. The van der Waals surface area contributed by atoms with Crippen LogP contribution in [-0.4, -0.2) is 53.9 Å². The predicted molar refractivity (Wildman–Crippen MR) is 65.8 cm³/mol. The normalized spacial score (nSPS) is 25.3. The first kappa shape index (κ1) is 12.5. The van der Waals surface area contributed by atoms with Crippen molar-refractivity contribution in [3.05, 3.63) is 30.1 Å². The molecule has 1 fully saturated rings. The van der Waals surface area contributed by atoms with Gasteiger partial charge in [-0.1, -0.05) is 0 Å². The number of methoxy groups -OCH3 is 1. The van der Waals surface area contributed by atoms with E-state index in [0.717, 1.165) is 25.9 Å². The molecule has 1 aliphatic heterocycles. The van der Waals surface area contributed by atoms with Gasteiger partial charge in [-0.3, -0.25) is 9.88 Å². The SMILES string of the molecule is COC[C@H]1C[C@@H](O)CN1CCc1ccncc1. The van der Waals surface area contributed by atoms with Crippen molar-refractivity contribution < 1.29 is 9.84 Å². The van der Waals surface area contributed by atoms with Gasteiger partial charge in [0.15, 0.2) is 0 Å². The van der Waals surface area contributed by atoms with Crippen LogP contribution in [0.3, 0.4) is 0 Å². The molecule has 0 saturated carbocycles. The summed E-state index contributed by atoms with van der Waals surface area (Å²) in [6.07, 6.45) is 5.26. The third-order valence-electron chi connectivity index (χ3n) is 3.30. The van der Waals surface area contributed by atoms with Gasteiger partial charge in [-0.2, -0.15) is 0 Å². The summed E-state index contributed by atoms with van der Waals surface area (Å²) >= 11 is 0. The average Bonchev–Trinajstić information content (AvgIpc) is 2.69. The number of hydrogen-bond donors (Lipinski definition) is 1. The van der Waals surface area contributed by atoms with Crippen molar-refractivity contribution in [1.82, 2.24) is 9.88 Å². The second-order valence-corrected chi connectivity index (χ2v) is 4.60. The first-order valence-electron chi connectivity index (χ1n) is 6.09. The van der Waals surface area contributed by atoms with Crippen molar-refractivity contribution in [2.45, 2.75) is 25.0 Å². The number of ether oxygens (including phenoxy) is 1. The van der Waals surface area contributed by atoms with Crippen molar-refractivity contribution in [3.63, 3.8) is 0 Å². The standard InChI is InChI=1S/C13H20N2O2/c1-17-10-12-8-13(16)9-15(12)7-4-11-2-5-14-6-3-11/h2-3,5-6,12-13,16H,4,7-10H2,1H3/t12-,13-/m1/s1. The molecule has 1 N–H and O–H groups in total. The van der Waals surface area contributed by atoms with E-state index >= 15 is 0 Å². The van der Waals surface area contributed by atoms with Crippen LogP contribution in [0.1, 0.15) is 12.0 Å². The van der Waals surface area contributed by atoms with Crippen molar-refractivity contribution in [2.24, 2.45) is 0 Å². The maximum absolute atomic E-state index is 9.69. The average molecular weight is 236 g/mol. The van der Waals surface area contributed by atoms with Gasteiger partial charge in [-0.05, 0) is 30.5 Å². The van der Waals surface area contributed by atoms with Gasteiger partial charge in [-0.15, -0.1) is 0 Å². The molecule has 2 atom stereocenters. The van der Waals surface area contributed by atoms with Gasteiger partial charge in [0, 0.05) is 38.6 Å². The molecular weight excluding hydrogens is 216 g/mol. The minimum atomic E-state index is -0.201. The molecule has 1 aromatic heterocycles. The second-order valence-electron chi connectivity index (χ2n) is 4.60. The number of hydrogen-bond acceptors (Lipinski definition) is 4. The topological polar surface area (TPSA) is 45.6 Å². The smallest absolute Gasteiger partial charge is 0.0683 e. The zero-order valence-electron chi connectivity index (χ0n) is 10.2. The van der Waals surface area contributed by atoms with Gasteiger partial charge in [0.05, 0.1) is 12.7 Å². The van der Waals surface area contributed by atoms with E-state index in [2.05, 4.69) is 9.88 Å². The summed E-state index contributed by atoms with van der Waals surface area (Å²) in [5.74, 6) is 0. The molecule has 2 rings (SSSR count). The molecule has 17 heavy (non-hydrogen) atoms. The summed E-state index contributed by atoms with van der Waals surface area (Å²) in [5, 5.41) is 9.69. The summed E-state index contributed by atoms with van der Waals surface area (Å²) in [7, 11) is 1.71. The Balaban J connectivity index is 1.85. The van der Waals surface area contributed by atoms with Gasteiger partial charge >= 0.3 is 0 Å². The largest absolute Gasteiger partial charge is 0.392 e. The third-order valence-corrected chi connectivity index (χ3v) is 3.30. The lowest BCUT2D eigenvalue weighted by molar-refractivity contribution is 0.116. The number of nitrogens with zero attached hydrogens (tertiary/aromatic N) is 2. The fraction of sp³-hybridized carbons (Fsp3) is 0.615. The van der Waals surface area contributed by atoms with Crippen LogP contribution < -0.4 is 0 Å². The van der Waals surface area contributed by atoms with Crippen molar-refractivity contribution in [1.29, 1.82) is 0 Å². The number of β-amino-alcohol motifs (C(OH)–C–C–N with tert-alkyl or cyclic N) is 1. The van der Waals surface area contributed by atoms with E-state index in [0.29, 0.717) is 12.6 Å². The maximum Gasteiger partial charge on any atom is 0.0683 e. The Bertz CT molecular complexity index is 331. The van der Waals surface area contributed by atoms with Crippen molar-refractivity contribution in [2.75, 3.05) is 26.8 Å². The number of pyridine rings is 1. The molecule has 4 nitrogen and oxygen atoms in total. The minimum Gasteiger partial charge on any atom is -0.392 e. The summed E-state index contributed by atoms with van der Waals surface area (Å²) in [5.41, 5.74) is 1.29. The van der Waals surface area contributed by atoms with E-state index in [1.165, 1.54) is 5.56 Å². The van der Waals surface area contributed by atoms with Crippen LogP contribution in [0.4, 0.5) is 0 Å². The Morgan fingerprint density at radius 2 is 2.24 bits per heavy atom. The van der Waals surface area contributed by atoms with E-state index < -0.39 is 0 Å². The number of likely N-dealkylation sites (tertiary alicyclic amines) is 1. The molecule has 0 aliphatic carbocycles.